The summed E-state index contributed by atoms with van der Waals surface area (Å²) in [5.41, 5.74) is 7.40. The van der Waals surface area contributed by atoms with E-state index in [2.05, 4.69) is 5.32 Å². The Balaban J connectivity index is 2.65. The van der Waals surface area contributed by atoms with Crippen LogP contribution in [0.3, 0.4) is 0 Å². The van der Waals surface area contributed by atoms with Gasteiger partial charge in [0, 0.05) is 17.6 Å². The fourth-order valence-corrected chi connectivity index (χ4v) is 2.05. The number of alkyl carbamates (subject to hydrolysis) is 1. The Morgan fingerprint density at radius 2 is 2.10 bits per heavy atom. The molecule has 4 nitrogen and oxygen atoms in total. The number of rotatable bonds is 4. The number of carbonyl (C=O) groups excluding carboxylic acids is 1. The minimum absolute atomic E-state index is 0.162. The van der Waals surface area contributed by atoms with Crippen molar-refractivity contribution in [1.82, 2.24) is 5.32 Å². The van der Waals surface area contributed by atoms with Gasteiger partial charge in [-0.25, -0.2) is 4.79 Å². The van der Waals surface area contributed by atoms with Gasteiger partial charge in [0.2, 0.25) is 0 Å². The molecule has 5 heteroatoms. The molecule has 1 aromatic rings. The van der Waals surface area contributed by atoms with Gasteiger partial charge in [0.1, 0.15) is 5.60 Å². The molecule has 0 fully saturated rings. The highest BCUT2D eigenvalue weighted by molar-refractivity contribution is 6.30. The average Bonchev–Trinajstić information content (AvgIpc) is 2.29. The molecule has 1 rings (SSSR count). The smallest absolute Gasteiger partial charge is 0.407 e. The summed E-state index contributed by atoms with van der Waals surface area (Å²) in [6.07, 6.45) is 0.207. The second-order valence-electron chi connectivity index (χ2n) is 5.85. The van der Waals surface area contributed by atoms with Crippen molar-refractivity contribution in [2.75, 3.05) is 6.54 Å². The normalized spacial score (nSPS) is 12.9. The standard InChI is InChI=1S/C15H23ClN2O2/c1-10-7-12(16)6-5-11(10)8-13(9-17)18-14(19)20-15(2,3)4/h5-7,13H,8-9,17H2,1-4H3,(H,18,19). The number of carbonyl (C=O) groups is 1. The molecule has 0 bridgehead atoms. The van der Waals surface area contributed by atoms with Gasteiger partial charge in [0.05, 0.1) is 0 Å². The number of nitrogens with one attached hydrogen (secondary N) is 1. The second kappa shape index (κ2) is 6.95. The van der Waals surface area contributed by atoms with Gasteiger partial charge in [-0.2, -0.15) is 0 Å². The molecule has 0 aliphatic rings. The van der Waals surface area contributed by atoms with Gasteiger partial charge < -0.3 is 15.8 Å². The van der Waals surface area contributed by atoms with Crippen molar-refractivity contribution in [3.63, 3.8) is 0 Å². The van der Waals surface area contributed by atoms with Gasteiger partial charge in [0.25, 0.3) is 0 Å². The Morgan fingerprint density at radius 1 is 1.45 bits per heavy atom. The summed E-state index contributed by atoms with van der Waals surface area (Å²) in [6, 6.07) is 5.53. The van der Waals surface area contributed by atoms with E-state index >= 15 is 0 Å². The van der Waals surface area contributed by atoms with Gasteiger partial charge in [0.15, 0.2) is 0 Å². The highest BCUT2D eigenvalue weighted by atomic mass is 35.5. The van der Waals surface area contributed by atoms with E-state index < -0.39 is 11.7 Å². The van der Waals surface area contributed by atoms with Crippen LogP contribution in [0.4, 0.5) is 4.79 Å². The van der Waals surface area contributed by atoms with Crippen LogP contribution in [0, 0.1) is 6.92 Å². The molecule has 0 aromatic heterocycles. The quantitative estimate of drug-likeness (QED) is 0.898. The molecule has 20 heavy (non-hydrogen) atoms. The van der Waals surface area contributed by atoms with E-state index in [0.717, 1.165) is 11.1 Å². The molecule has 0 saturated carbocycles. The predicted molar refractivity (Wildman–Crippen MR) is 82.1 cm³/mol. The van der Waals surface area contributed by atoms with Crippen molar-refractivity contribution < 1.29 is 9.53 Å². The van der Waals surface area contributed by atoms with Crippen molar-refractivity contribution in [2.45, 2.75) is 45.8 Å². The Hall–Kier alpha value is -1.26. The minimum atomic E-state index is -0.514. The molecule has 0 radical (unpaired) electrons. The molecule has 1 amide bonds. The second-order valence-corrected chi connectivity index (χ2v) is 6.29. The predicted octanol–water partition coefficient (Wildman–Crippen LogP) is 3.04. The van der Waals surface area contributed by atoms with E-state index in [4.69, 9.17) is 22.1 Å². The Labute approximate surface area is 125 Å². The summed E-state index contributed by atoms with van der Waals surface area (Å²) < 4.78 is 5.23. The summed E-state index contributed by atoms with van der Waals surface area (Å²) in [6.45, 7) is 7.82. The molecule has 0 aliphatic carbocycles. The maximum atomic E-state index is 11.7. The maximum absolute atomic E-state index is 11.7. The summed E-state index contributed by atoms with van der Waals surface area (Å²) in [7, 11) is 0. The zero-order chi connectivity index (χ0) is 15.3. The third kappa shape index (κ3) is 5.80. The molecule has 1 unspecified atom stereocenters. The lowest BCUT2D eigenvalue weighted by Crippen LogP contribution is -2.44. The average molecular weight is 299 g/mol. The van der Waals surface area contributed by atoms with E-state index in [-0.39, 0.29) is 6.04 Å². The first-order chi connectivity index (χ1) is 9.21. The van der Waals surface area contributed by atoms with Crippen molar-refractivity contribution in [1.29, 1.82) is 0 Å². The highest BCUT2D eigenvalue weighted by Gasteiger charge is 2.19. The molecule has 112 valence electrons. The number of ether oxygens (including phenoxy) is 1. The number of aryl methyl sites for hydroxylation is 1. The van der Waals surface area contributed by atoms with E-state index in [9.17, 15) is 4.79 Å². The fraction of sp³-hybridized carbons (Fsp3) is 0.533. The van der Waals surface area contributed by atoms with E-state index in [1.165, 1.54) is 0 Å². The Bertz CT molecular complexity index is 469. The number of benzene rings is 1. The van der Waals surface area contributed by atoms with Crippen molar-refractivity contribution in [3.8, 4) is 0 Å². The molecular formula is C15H23ClN2O2. The van der Waals surface area contributed by atoms with Gasteiger partial charge >= 0.3 is 6.09 Å². The van der Waals surface area contributed by atoms with Gasteiger partial charge in [-0.3, -0.25) is 0 Å². The van der Waals surface area contributed by atoms with Crippen molar-refractivity contribution >= 4 is 17.7 Å². The van der Waals surface area contributed by atoms with Crippen LogP contribution < -0.4 is 11.1 Å². The number of nitrogens with two attached hydrogens (primary N) is 1. The largest absolute Gasteiger partial charge is 0.444 e. The minimum Gasteiger partial charge on any atom is -0.444 e. The molecule has 3 N–H and O–H groups in total. The first kappa shape index (κ1) is 16.8. The lowest BCUT2D eigenvalue weighted by atomic mass is 10.0. The summed E-state index contributed by atoms with van der Waals surface area (Å²) in [5.74, 6) is 0. The number of halogens is 1. The van der Waals surface area contributed by atoms with Crippen LogP contribution in [0.15, 0.2) is 18.2 Å². The first-order valence-electron chi connectivity index (χ1n) is 6.66. The fourth-order valence-electron chi connectivity index (χ4n) is 1.82. The van der Waals surface area contributed by atoms with E-state index in [1.54, 1.807) is 0 Å². The van der Waals surface area contributed by atoms with Crippen LogP contribution in [0.1, 0.15) is 31.9 Å². The lowest BCUT2D eigenvalue weighted by Gasteiger charge is -2.23. The zero-order valence-electron chi connectivity index (χ0n) is 12.5. The van der Waals surface area contributed by atoms with Crippen molar-refractivity contribution in [2.24, 2.45) is 5.73 Å². The maximum Gasteiger partial charge on any atom is 0.407 e. The number of amides is 1. The van der Waals surface area contributed by atoms with Crippen LogP contribution in [-0.4, -0.2) is 24.3 Å². The van der Waals surface area contributed by atoms with Gasteiger partial charge in [-0.15, -0.1) is 0 Å². The van der Waals surface area contributed by atoms with Crippen LogP contribution in [0.25, 0.3) is 0 Å². The van der Waals surface area contributed by atoms with Gasteiger partial charge in [-0.1, -0.05) is 17.7 Å². The van der Waals surface area contributed by atoms with Crippen LogP contribution >= 0.6 is 11.6 Å². The Kier molecular flexibility index (Phi) is 5.84. The Morgan fingerprint density at radius 3 is 2.60 bits per heavy atom. The summed E-state index contributed by atoms with van der Waals surface area (Å²) in [5, 5.41) is 3.50. The zero-order valence-corrected chi connectivity index (χ0v) is 13.3. The van der Waals surface area contributed by atoms with Crippen molar-refractivity contribution in [3.05, 3.63) is 34.3 Å². The lowest BCUT2D eigenvalue weighted by molar-refractivity contribution is 0.0506. The highest BCUT2D eigenvalue weighted by Crippen LogP contribution is 2.16. The van der Waals surface area contributed by atoms with E-state index in [0.29, 0.717) is 18.0 Å². The summed E-state index contributed by atoms with van der Waals surface area (Å²) >= 11 is 5.93. The summed E-state index contributed by atoms with van der Waals surface area (Å²) in [4.78, 5) is 11.7. The number of hydrogen-bond acceptors (Lipinski definition) is 3. The molecule has 1 aromatic carbocycles. The third-order valence-corrected chi connectivity index (χ3v) is 3.01. The van der Waals surface area contributed by atoms with E-state index in [1.807, 2.05) is 45.9 Å². The van der Waals surface area contributed by atoms with Crippen LogP contribution in [0.5, 0.6) is 0 Å². The topological polar surface area (TPSA) is 64.3 Å². The molecule has 0 spiro atoms. The SMILES string of the molecule is Cc1cc(Cl)ccc1CC(CN)NC(=O)OC(C)(C)C. The molecule has 0 aliphatic heterocycles. The molecular weight excluding hydrogens is 276 g/mol. The van der Waals surface area contributed by atoms with Gasteiger partial charge in [-0.05, 0) is 57.4 Å². The molecule has 1 atom stereocenters. The molecule has 0 saturated heterocycles. The monoisotopic (exact) mass is 298 g/mol. The number of hydrogen-bond donors (Lipinski definition) is 2. The first-order valence-corrected chi connectivity index (χ1v) is 7.03. The molecule has 0 heterocycles. The van der Waals surface area contributed by atoms with Crippen LogP contribution in [-0.2, 0) is 11.2 Å². The third-order valence-electron chi connectivity index (χ3n) is 2.78. The van der Waals surface area contributed by atoms with Crippen LogP contribution in [0.2, 0.25) is 5.02 Å².